The van der Waals surface area contributed by atoms with Gasteiger partial charge in [0.1, 0.15) is 17.5 Å². The van der Waals surface area contributed by atoms with E-state index in [0.717, 1.165) is 18.5 Å². The van der Waals surface area contributed by atoms with Gasteiger partial charge in [0.05, 0.1) is 35.7 Å². The van der Waals surface area contributed by atoms with Gasteiger partial charge in [0, 0.05) is 23.5 Å². The highest BCUT2D eigenvalue weighted by atomic mass is 19.1. The molecule has 3 aromatic rings. The number of amides is 2. The fourth-order valence-electron chi connectivity index (χ4n) is 4.33. The highest BCUT2D eigenvalue weighted by molar-refractivity contribution is 5.90. The normalized spacial score (nSPS) is 18.5. The molecular weight excluding hydrogens is 479 g/mol. The van der Waals surface area contributed by atoms with E-state index in [1.807, 2.05) is 27.7 Å². The summed E-state index contributed by atoms with van der Waals surface area (Å²) in [5, 5.41) is 10.8. The highest BCUT2D eigenvalue weighted by Crippen LogP contribution is 2.45. The van der Waals surface area contributed by atoms with E-state index >= 15 is 4.39 Å². The first-order valence-corrected chi connectivity index (χ1v) is 12.1. The number of ether oxygens (including phenoxy) is 2. The number of nitrogens with zero attached hydrogens (tertiary/aromatic N) is 5. The molecule has 1 saturated heterocycles. The number of alkyl carbamates (subject to hydrolysis) is 1. The molecule has 1 aliphatic heterocycles. The van der Waals surface area contributed by atoms with Crippen LogP contribution in [0.5, 0.6) is 0 Å². The Hall–Kier alpha value is -4.02. The van der Waals surface area contributed by atoms with Crippen LogP contribution < -0.4 is 10.2 Å². The van der Waals surface area contributed by atoms with Crippen LogP contribution in [0.25, 0.3) is 11.1 Å². The van der Waals surface area contributed by atoms with E-state index in [1.54, 1.807) is 41.3 Å². The van der Waals surface area contributed by atoms with Gasteiger partial charge in [0.25, 0.3) is 0 Å². The summed E-state index contributed by atoms with van der Waals surface area (Å²) in [7, 11) is 0. The Morgan fingerprint density at radius 3 is 2.65 bits per heavy atom. The fourth-order valence-corrected chi connectivity index (χ4v) is 4.33. The van der Waals surface area contributed by atoms with E-state index in [2.05, 4.69) is 20.6 Å². The fraction of sp³-hybridized carbons (Fsp3) is 0.423. The molecule has 2 aromatic heterocycles. The number of carbonyl (C=O) groups excluding carboxylic acids is 2. The van der Waals surface area contributed by atoms with Gasteiger partial charge in [0.15, 0.2) is 0 Å². The lowest BCUT2D eigenvalue weighted by atomic mass is 10.0. The maximum atomic E-state index is 15.1. The third-order valence-electron chi connectivity index (χ3n) is 6.24. The van der Waals surface area contributed by atoms with Crippen LogP contribution in [-0.4, -0.2) is 50.4 Å². The van der Waals surface area contributed by atoms with Crippen molar-refractivity contribution in [2.24, 2.45) is 0 Å². The van der Waals surface area contributed by atoms with Crippen LogP contribution in [0.3, 0.4) is 0 Å². The van der Waals surface area contributed by atoms with Crippen molar-refractivity contribution >= 4 is 17.9 Å². The summed E-state index contributed by atoms with van der Waals surface area (Å²) in [6.45, 7) is 7.90. The number of nitrogens with one attached hydrogen (secondary N) is 1. The summed E-state index contributed by atoms with van der Waals surface area (Å²) < 4.78 is 27.6. The Morgan fingerprint density at radius 2 is 2.05 bits per heavy atom. The molecule has 11 heteroatoms. The summed E-state index contributed by atoms with van der Waals surface area (Å²) in [4.78, 5) is 30.6. The molecule has 0 bridgehead atoms. The molecule has 1 saturated carbocycles. The molecule has 1 N–H and O–H groups in total. The number of carbonyl (C=O) groups is 2. The van der Waals surface area contributed by atoms with E-state index in [4.69, 9.17) is 9.47 Å². The lowest BCUT2D eigenvalue weighted by Gasteiger charge is -2.23. The molecule has 2 amide bonds. The maximum Gasteiger partial charge on any atom is 0.414 e. The molecule has 0 radical (unpaired) electrons. The van der Waals surface area contributed by atoms with Gasteiger partial charge in [-0.15, -0.1) is 5.10 Å². The molecule has 3 heterocycles. The number of hydrogen-bond acceptors (Lipinski definition) is 7. The standard InChI is InChI=1S/C26H29FN6O4/c1-16-13-32(31-30-16)14-19-15-33(24(35)36-19)18-6-7-20(21(27)11-18)17-5-8-22(28-12-17)26(9-10-26)29-23(34)37-25(2,3)4/h5-8,11-13,19H,9-10,14-15H2,1-4H3,(H,29,34)/t19-/m0/s1. The predicted octanol–water partition coefficient (Wildman–Crippen LogP) is 4.33. The van der Waals surface area contributed by atoms with Gasteiger partial charge in [-0.2, -0.15) is 0 Å². The zero-order chi connectivity index (χ0) is 26.4. The number of aryl methyl sites for hydroxylation is 1. The summed E-state index contributed by atoms with van der Waals surface area (Å²) >= 11 is 0. The molecule has 10 nitrogen and oxygen atoms in total. The topological polar surface area (TPSA) is 111 Å². The van der Waals surface area contributed by atoms with Crippen LogP contribution in [0.2, 0.25) is 0 Å². The Kier molecular flexibility index (Phi) is 6.09. The number of pyridine rings is 1. The van der Waals surface area contributed by atoms with Crippen molar-refractivity contribution in [1.29, 1.82) is 0 Å². The number of rotatable bonds is 6. The third-order valence-corrected chi connectivity index (χ3v) is 6.24. The number of anilines is 1. The number of benzene rings is 1. The second kappa shape index (κ2) is 9.13. The molecule has 1 aromatic carbocycles. The first-order valence-electron chi connectivity index (χ1n) is 12.1. The van der Waals surface area contributed by atoms with E-state index in [0.29, 0.717) is 29.1 Å². The number of hydrogen-bond donors (Lipinski definition) is 1. The quantitative estimate of drug-likeness (QED) is 0.528. The molecule has 2 fully saturated rings. The van der Waals surface area contributed by atoms with Crippen molar-refractivity contribution in [3.63, 3.8) is 0 Å². The zero-order valence-electron chi connectivity index (χ0n) is 21.2. The van der Waals surface area contributed by atoms with Crippen LogP contribution in [0.15, 0.2) is 42.7 Å². The van der Waals surface area contributed by atoms with Crippen molar-refractivity contribution in [1.82, 2.24) is 25.3 Å². The molecule has 0 unspecified atom stereocenters. The van der Waals surface area contributed by atoms with Gasteiger partial charge in [0.2, 0.25) is 0 Å². The lowest BCUT2D eigenvalue weighted by molar-refractivity contribution is 0.0493. The first-order chi connectivity index (χ1) is 17.5. The van der Waals surface area contributed by atoms with Gasteiger partial charge in [-0.25, -0.2) is 18.7 Å². The minimum Gasteiger partial charge on any atom is -0.444 e. The smallest absolute Gasteiger partial charge is 0.414 e. The van der Waals surface area contributed by atoms with E-state index in [9.17, 15) is 9.59 Å². The van der Waals surface area contributed by atoms with Crippen molar-refractivity contribution in [3.05, 3.63) is 59.9 Å². The van der Waals surface area contributed by atoms with Gasteiger partial charge < -0.3 is 14.8 Å². The molecular formula is C26H29FN6O4. The van der Waals surface area contributed by atoms with Crippen molar-refractivity contribution in [3.8, 4) is 11.1 Å². The average Bonchev–Trinajstić information content (AvgIpc) is 3.33. The summed E-state index contributed by atoms with van der Waals surface area (Å²) in [5.41, 5.74) is 1.68. The second-order valence-electron chi connectivity index (χ2n) is 10.5. The molecule has 0 spiro atoms. The Bertz CT molecular complexity index is 1330. The van der Waals surface area contributed by atoms with Gasteiger partial charge in [-0.3, -0.25) is 9.88 Å². The van der Waals surface area contributed by atoms with Crippen molar-refractivity contribution in [2.75, 3.05) is 11.4 Å². The third kappa shape index (κ3) is 5.40. The van der Waals surface area contributed by atoms with Gasteiger partial charge in [-0.1, -0.05) is 11.3 Å². The van der Waals surface area contributed by atoms with E-state index in [1.165, 1.54) is 11.0 Å². The molecule has 1 atom stereocenters. The minimum absolute atomic E-state index is 0.277. The molecule has 1 aliphatic carbocycles. The molecule has 194 valence electrons. The molecule has 37 heavy (non-hydrogen) atoms. The zero-order valence-corrected chi connectivity index (χ0v) is 21.2. The predicted molar refractivity (Wildman–Crippen MR) is 132 cm³/mol. The first kappa shape index (κ1) is 24.7. The SMILES string of the molecule is Cc1cn(C[C@H]2CN(c3ccc(-c4ccc(C5(NC(=O)OC(C)(C)C)CC5)nc4)c(F)c3)C(=O)O2)nn1. The largest absolute Gasteiger partial charge is 0.444 e. The molecule has 5 rings (SSSR count). The van der Waals surface area contributed by atoms with Crippen LogP contribution >= 0.6 is 0 Å². The van der Waals surface area contributed by atoms with Crippen LogP contribution in [0.1, 0.15) is 45.0 Å². The van der Waals surface area contributed by atoms with Crippen LogP contribution in [0, 0.1) is 12.7 Å². The lowest BCUT2D eigenvalue weighted by Crippen LogP contribution is -2.39. The van der Waals surface area contributed by atoms with Crippen molar-refractivity contribution in [2.45, 2.75) is 64.3 Å². The average molecular weight is 509 g/mol. The molecule has 2 aliphatic rings. The monoisotopic (exact) mass is 508 g/mol. The minimum atomic E-state index is -0.593. The number of halogens is 1. The van der Waals surface area contributed by atoms with E-state index < -0.39 is 35.2 Å². The second-order valence-corrected chi connectivity index (χ2v) is 10.5. The summed E-state index contributed by atoms with van der Waals surface area (Å²) in [5.74, 6) is -0.483. The van der Waals surface area contributed by atoms with Crippen LogP contribution in [-0.2, 0) is 21.6 Å². The Balaban J connectivity index is 1.26. The Labute approximate surface area is 213 Å². The van der Waals surface area contributed by atoms with E-state index in [-0.39, 0.29) is 6.54 Å². The number of cyclic esters (lactones) is 1. The van der Waals surface area contributed by atoms with Crippen LogP contribution in [0.4, 0.5) is 19.7 Å². The highest BCUT2D eigenvalue weighted by Gasteiger charge is 2.48. The number of aromatic nitrogens is 4. The Morgan fingerprint density at radius 1 is 1.27 bits per heavy atom. The maximum absolute atomic E-state index is 15.1. The summed E-state index contributed by atoms with van der Waals surface area (Å²) in [6.07, 6.45) is 3.42. The van der Waals surface area contributed by atoms with Crippen molar-refractivity contribution < 1.29 is 23.5 Å². The van der Waals surface area contributed by atoms with Gasteiger partial charge in [-0.05, 0) is 64.8 Å². The van der Waals surface area contributed by atoms with Gasteiger partial charge >= 0.3 is 12.2 Å². The summed E-state index contributed by atoms with van der Waals surface area (Å²) in [6, 6.07) is 8.19.